The van der Waals surface area contributed by atoms with E-state index in [9.17, 15) is 9.59 Å². The molecule has 1 aromatic heterocycles. The van der Waals surface area contributed by atoms with Gasteiger partial charge < -0.3 is 10.1 Å². The van der Waals surface area contributed by atoms with Gasteiger partial charge in [-0.05, 0) is 30.3 Å². The third kappa shape index (κ3) is 2.99. The lowest BCUT2D eigenvalue weighted by Crippen LogP contribution is -2.64. The third-order valence-corrected chi connectivity index (χ3v) is 5.83. The molecule has 8 heteroatoms. The smallest absolute Gasteiger partial charge is 0.284 e. The lowest BCUT2D eigenvalue weighted by molar-refractivity contribution is -0.0778. The standard InChI is InChI=1S/C21H17BrN4O3/c22-13-5-6-18-14(11-13)19(27)26(21(29-18)7-9-23-10-8-21)20(28)17-12-24-15-3-1-2-4-16(15)25-17/h1-6,11-12,23H,7-10H2. The number of hydrogen-bond donors (Lipinski definition) is 1. The van der Waals surface area contributed by atoms with Crippen molar-refractivity contribution in [2.75, 3.05) is 13.1 Å². The van der Waals surface area contributed by atoms with E-state index in [0.717, 1.165) is 4.47 Å². The summed E-state index contributed by atoms with van der Waals surface area (Å²) in [6.45, 7) is 1.29. The Labute approximate surface area is 175 Å². The van der Waals surface area contributed by atoms with E-state index in [4.69, 9.17) is 4.74 Å². The molecule has 2 aliphatic heterocycles. The highest BCUT2D eigenvalue weighted by Crippen LogP contribution is 2.40. The topological polar surface area (TPSA) is 84.4 Å². The normalized spacial score (nSPS) is 17.8. The molecule has 7 nitrogen and oxygen atoms in total. The van der Waals surface area contributed by atoms with Crippen molar-refractivity contribution < 1.29 is 14.3 Å². The molecule has 2 aromatic carbocycles. The number of halogens is 1. The molecule has 3 heterocycles. The highest BCUT2D eigenvalue weighted by Gasteiger charge is 2.51. The maximum atomic E-state index is 13.5. The van der Waals surface area contributed by atoms with Gasteiger partial charge in [0.1, 0.15) is 11.4 Å². The molecule has 0 saturated carbocycles. The minimum absolute atomic E-state index is 0.122. The molecule has 1 saturated heterocycles. The van der Waals surface area contributed by atoms with Crippen LogP contribution in [0, 0.1) is 0 Å². The predicted molar refractivity (Wildman–Crippen MR) is 110 cm³/mol. The molecule has 1 fully saturated rings. The summed E-state index contributed by atoms with van der Waals surface area (Å²) >= 11 is 3.39. The van der Waals surface area contributed by atoms with Crippen molar-refractivity contribution in [3.8, 4) is 5.75 Å². The molecule has 1 spiro atoms. The lowest BCUT2D eigenvalue weighted by Gasteiger charge is -2.47. The second kappa shape index (κ2) is 6.89. The SMILES string of the molecule is O=C(c1cnc2ccccc2n1)N1C(=O)c2cc(Br)ccc2OC12CCNCC2. The van der Waals surface area contributed by atoms with E-state index in [2.05, 4.69) is 31.2 Å². The molecule has 0 radical (unpaired) electrons. The Kier molecular flexibility index (Phi) is 4.33. The number of fused-ring (bicyclic) bond motifs is 2. The van der Waals surface area contributed by atoms with Crippen LogP contribution in [0.1, 0.15) is 33.7 Å². The number of benzene rings is 2. The van der Waals surface area contributed by atoms with Crippen LogP contribution in [0.4, 0.5) is 0 Å². The Hall–Kier alpha value is -2.84. The molecule has 5 rings (SSSR count). The zero-order valence-electron chi connectivity index (χ0n) is 15.4. The van der Waals surface area contributed by atoms with Gasteiger partial charge in [-0.2, -0.15) is 0 Å². The molecule has 0 atom stereocenters. The Morgan fingerprint density at radius 3 is 2.69 bits per heavy atom. The van der Waals surface area contributed by atoms with Gasteiger partial charge in [0, 0.05) is 30.4 Å². The molecule has 1 N–H and O–H groups in total. The molecule has 29 heavy (non-hydrogen) atoms. The molecule has 3 aromatic rings. The second-order valence-electron chi connectivity index (χ2n) is 7.13. The van der Waals surface area contributed by atoms with Gasteiger partial charge in [-0.15, -0.1) is 0 Å². The second-order valence-corrected chi connectivity index (χ2v) is 8.04. The fourth-order valence-electron chi connectivity index (χ4n) is 3.91. The number of piperidine rings is 1. The number of imide groups is 1. The highest BCUT2D eigenvalue weighted by atomic mass is 79.9. The van der Waals surface area contributed by atoms with Gasteiger partial charge in [-0.1, -0.05) is 28.1 Å². The zero-order valence-corrected chi connectivity index (χ0v) is 17.0. The quantitative estimate of drug-likeness (QED) is 0.570. The van der Waals surface area contributed by atoms with E-state index in [1.54, 1.807) is 18.2 Å². The Morgan fingerprint density at radius 2 is 1.90 bits per heavy atom. The van der Waals surface area contributed by atoms with Gasteiger partial charge in [0.25, 0.3) is 11.8 Å². The van der Waals surface area contributed by atoms with E-state index >= 15 is 0 Å². The Bertz CT molecular complexity index is 1140. The molecule has 2 amide bonds. The van der Waals surface area contributed by atoms with Gasteiger partial charge in [-0.25, -0.2) is 9.88 Å². The number of aromatic nitrogens is 2. The number of carbonyl (C=O) groups is 2. The number of amides is 2. The number of rotatable bonds is 1. The molecule has 2 aliphatic rings. The van der Waals surface area contributed by atoms with E-state index in [0.29, 0.717) is 48.3 Å². The zero-order chi connectivity index (χ0) is 20.0. The van der Waals surface area contributed by atoms with Crippen molar-refractivity contribution in [3.63, 3.8) is 0 Å². The summed E-state index contributed by atoms with van der Waals surface area (Å²) in [7, 11) is 0. The summed E-state index contributed by atoms with van der Waals surface area (Å²) in [5.74, 6) is -0.385. The first-order chi connectivity index (χ1) is 14.1. The van der Waals surface area contributed by atoms with Gasteiger partial charge >= 0.3 is 0 Å². The van der Waals surface area contributed by atoms with Crippen molar-refractivity contribution in [2.45, 2.75) is 18.6 Å². The fourth-order valence-corrected chi connectivity index (χ4v) is 4.27. The van der Waals surface area contributed by atoms with Gasteiger partial charge in [-0.3, -0.25) is 14.6 Å². The number of carbonyl (C=O) groups excluding carboxylic acids is 2. The van der Waals surface area contributed by atoms with Crippen LogP contribution in [0.5, 0.6) is 5.75 Å². The minimum Gasteiger partial charge on any atom is -0.466 e. The van der Waals surface area contributed by atoms with Crippen molar-refractivity contribution in [1.82, 2.24) is 20.2 Å². The summed E-state index contributed by atoms with van der Waals surface area (Å²) in [4.78, 5) is 37.0. The van der Waals surface area contributed by atoms with Gasteiger partial charge in [0.15, 0.2) is 5.72 Å². The average molecular weight is 453 g/mol. The number of nitrogens with zero attached hydrogens (tertiary/aromatic N) is 3. The summed E-state index contributed by atoms with van der Waals surface area (Å²) < 4.78 is 7.05. The number of hydrogen-bond acceptors (Lipinski definition) is 6. The van der Waals surface area contributed by atoms with Crippen LogP contribution >= 0.6 is 15.9 Å². The first-order valence-corrected chi connectivity index (χ1v) is 10.2. The van der Waals surface area contributed by atoms with Crippen molar-refractivity contribution in [3.05, 3.63) is 64.4 Å². The van der Waals surface area contributed by atoms with Crippen molar-refractivity contribution >= 4 is 38.8 Å². The maximum absolute atomic E-state index is 13.5. The summed E-state index contributed by atoms with van der Waals surface area (Å²) in [6, 6.07) is 12.6. The Balaban J connectivity index is 1.62. The molecular weight excluding hydrogens is 436 g/mol. The van der Waals surface area contributed by atoms with Crippen LogP contribution in [-0.4, -0.2) is 45.5 Å². The van der Waals surface area contributed by atoms with Gasteiger partial charge in [0.05, 0.1) is 22.8 Å². The van der Waals surface area contributed by atoms with Crippen LogP contribution in [-0.2, 0) is 0 Å². The van der Waals surface area contributed by atoms with Crippen LogP contribution < -0.4 is 10.1 Å². The predicted octanol–water partition coefficient (Wildman–Crippen LogP) is 3.15. The third-order valence-electron chi connectivity index (χ3n) is 5.34. The summed E-state index contributed by atoms with van der Waals surface area (Å²) in [5.41, 5.74) is 0.734. The van der Waals surface area contributed by atoms with Gasteiger partial charge in [0.2, 0.25) is 0 Å². The number of ether oxygens (including phenoxy) is 1. The van der Waals surface area contributed by atoms with Crippen molar-refractivity contribution in [2.24, 2.45) is 0 Å². The summed E-state index contributed by atoms with van der Waals surface area (Å²) in [5, 5.41) is 3.26. The lowest BCUT2D eigenvalue weighted by atomic mass is 9.95. The summed E-state index contributed by atoms with van der Waals surface area (Å²) in [6.07, 6.45) is 2.42. The van der Waals surface area contributed by atoms with Crippen LogP contribution in [0.3, 0.4) is 0 Å². The largest absolute Gasteiger partial charge is 0.466 e. The van der Waals surface area contributed by atoms with E-state index in [1.165, 1.54) is 11.1 Å². The minimum atomic E-state index is -1.03. The monoisotopic (exact) mass is 452 g/mol. The van der Waals surface area contributed by atoms with Crippen molar-refractivity contribution in [1.29, 1.82) is 0 Å². The van der Waals surface area contributed by atoms with E-state index < -0.39 is 11.6 Å². The molecule has 0 unspecified atom stereocenters. The van der Waals surface area contributed by atoms with E-state index in [-0.39, 0.29) is 11.6 Å². The van der Waals surface area contributed by atoms with Crippen LogP contribution in [0.15, 0.2) is 53.1 Å². The Morgan fingerprint density at radius 1 is 1.14 bits per heavy atom. The molecule has 146 valence electrons. The first kappa shape index (κ1) is 18.2. The highest BCUT2D eigenvalue weighted by molar-refractivity contribution is 9.10. The van der Waals surface area contributed by atoms with Crippen LogP contribution in [0.25, 0.3) is 11.0 Å². The molecular formula is C21H17BrN4O3. The number of nitrogens with one attached hydrogen (secondary N) is 1. The first-order valence-electron chi connectivity index (χ1n) is 9.37. The molecule has 0 aliphatic carbocycles. The fraction of sp³-hybridized carbons (Fsp3) is 0.238. The van der Waals surface area contributed by atoms with Crippen LogP contribution in [0.2, 0.25) is 0 Å². The molecule has 0 bridgehead atoms. The number of para-hydroxylation sites is 2. The average Bonchev–Trinajstić information content (AvgIpc) is 2.74. The van der Waals surface area contributed by atoms with E-state index in [1.807, 2.05) is 24.3 Å². The maximum Gasteiger partial charge on any atom is 0.284 e.